The van der Waals surface area contributed by atoms with Gasteiger partial charge in [-0.05, 0) is 30.2 Å². The summed E-state index contributed by atoms with van der Waals surface area (Å²) >= 11 is 7.05. The molecule has 26 heavy (non-hydrogen) atoms. The average molecular weight is 393 g/mol. The number of thiophene rings is 1. The van der Waals surface area contributed by atoms with Gasteiger partial charge in [-0.15, -0.1) is 11.3 Å². The van der Waals surface area contributed by atoms with E-state index in [-0.39, 0.29) is 12.2 Å². The summed E-state index contributed by atoms with van der Waals surface area (Å²) < 4.78 is 10.0. The Morgan fingerprint density at radius 2 is 2.00 bits per heavy atom. The molecule has 6 nitrogen and oxygen atoms in total. The molecule has 3 rings (SSSR count). The molecule has 1 N–H and O–H groups in total. The average Bonchev–Trinajstić information content (AvgIpc) is 2.94. The van der Waals surface area contributed by atoms with Crippen molar-refractivity contribution in [2.45, 2.75) is 13.3 Å². The van der Waals surface area contributed by atoms with E-state index in [9.17, 15) is 9.59 Å². The van der Waals surface area contributed by atoms with E-state index in [1.54, 1.807) is 19.1 Å². The molecule has 3 aromatic rings. The van der Waals surface area contributed by atoms with E-state index < -0.39 is 5.97 Å². The van der Waals surface area contributed by atoms with Crippen molar-refractivity contribution >= 4 is 39.1 Å². The topological polar surface area (TPSA) is 81.3 Å². The number of rotatable bonds is 6. The molecule has 0 aliphatic carbocycles. The molecule has 8 heteroatoms. The van der Waals surface area contributed by atoms with Crippen LogP contribution in [0.4, 0.5) is 0 Å². The summed E-state index contributed by atoms with van der Waals surface area (Å²) in [5.74, 6) is 0.0616. The SMILES string of the molecule is COCCOC(=O)c1sc2nc(Cc3ccc(Cl)cc3)[nH]c(=O)c2c1C. The van der Waals surface area contributed by atoms with Crippen LogP contribution < -0.4 is 5.56 Å². The summed E-state index contributed by atoms with van der Waals surface area (Å²) in [6.07, 6.45) is 0.465. The Labute approximate surface area is 158 Å². The molecule has 0 radical (unpaired) electrons. The fraction of sp³-hybridized carbons (Fsp3) is 0.278. The van der Waals surface area contributed by atoms with Crippen LogP contribution in [0.5, 0.6) is 0 Å². The third kappa shape index (κ3) is 3.95. The van der Waals surface area contributed by atoms with Crippen LogP contribution in [0.3, 0.4) is 0 Å². The first-order valence-corrected chi connectivity index (χ1v) is 9.12. The van der Waals surface area contributed by atoms with Crippen molar-refractivity contribution in [3.8, 4) is 0 Å². The minimum Gasteiger partial charge on any atom is -0.459 e. The number of aryl methyl sites for hydroxylation is 1. The van der Waals surface area contributed by atoms with Gasteiger partial charge in [0.05, 0.1) is 12.0 Å². The summed E-state index contributed by atoms with van der Waals surface area (Å²) in [6.45, 7) is 2.20. The van der Waals surface area contributed by atoms with Gasteiger partial charge in [-0.2, -0.15) is 0 Å². The summed E-state index contributed by atoms with van der Waals surface area (Å²) in [4.78, 5) is 32.9. The minimum absolute atomic E-state index is 0.161. The summed E-state index contributed by atoms with van der Waals surface area (Å²) in [5.41, 5.74) is 1.30. The molecule has 136 valence electrons. The van der Waals surface area contributed by atoms with Gasteiger partial charge in [0.1, 0.15) is 22.1 Å². The number of ether oxygens (including phenoxy) is 2. The van der Waals surface area contributed by atoms with Crippen LogP contribution in [-0.4, -0.2) is 36.3 Å². The Morgan fingerprint density at radius 1 is 1.27 bits per heavy atom. The Kier molecular flexibility index (Phi) is 5.70. The van der Waals surface area contributed by atoms with Gasteiger partial charge < -0.3 is 14.5 Å². The second-order valence-corrected chi connectivity index (χ2v) is 7.12. The van der Waals surface area contributed by atoms with Gasteiger partial charge in [0.2, 0.25) is 0 Å². The number of H-pyrrole nitrogens is 1. The van der Waals surface area contributed by atoms with Crippen molar-refractivity contribution in [3.63, 3.8) is 0 Å². The molecule has 2 heterocycles. The highest BCUT2D eigenvalue weighted by molar-refractivity contribution is 7.20. The van der Waals surface area contributed by atoms with Crippen molar-refractivity contribution in [3.05, 3.63) is 61.5 Å². The highest BCUT2D eigenvalue weighted by Gasteiger charge is 2.20. The molecular weight excluding hydrogens is 376 g/mol. The smallest absolute Gasteiger partial charge is 0.348 e. The number of methoxy groups -OCH3 is 1. The lowest BCUT2D eigenvalue weighted by atomic mass is 10.1. The van der Waals surface area contributed by atoms with Crippen LogP contribution in [-0.2, 0) is 15.9 Å². The highest BCUT2D eigenvalue weighted by Crippen LogP contribution is 2.28. The summed E-state index contributed by atoms with van der Waals surface area (Å²) in [5, 5.41) is 1.07. The molecule has 0 amide bonds. The Bertz CT molecular complexity index is 995. The van der Waals surface area contributed by atoms with Gasteiger partial charge in [0.25, 0.3) is 5.56 Å². The number of hydrogen-bond acceptors (Lipinski definition) is 6. The van der Waals surface area contributed by atoms with E-state index in [0.29, 0.717) is 44.5 Å². The van der Waals surface area contributed by atoms with Gasteiger partial charge in [-0.1, -0.05) is 23.7 Å². The minimum atomic E-state index is -0.471. The number of esters is 1. The molecule has 0 saturated heterocycles. The van der Waals surface area contributed by atoms with Crippen molar-refractivity contribution in [2.24, 2.45) is 0 Å². The monoisotopic (exact) mass is 392 g/mol. The van der Waals surface area contributed by atoms with Crippen LogP contribution in [0.1, 0.15) is 26.6 Å². The van der Waals surface area contributed by atoms with E-state index in [0.717, 1.165) is 16.9 Å². The number of benzene rings is 1. The number of fused-ring (bicyclic) bond motifs is 1. The predicted molar refractivity (Wildman–Crippen MR) is 101 cm³/mol. The molecule has 0 unspecified atom stereocenters. The quantitative estimate of drug-likeness (QED) is 0.514. The molecule has 0 saturated carbocycles. The third-order valence-electron chi connectivity index (χ3n) is 3.84. The Balaban J connectivity index is 1.91. The van der Waals surface area contributed by atoms with E-state index >= 15 is 0 Å². The van der Waals surface area contributed by atoms with Crippen molar-refractivity contribution in [1.82, 2.24) is 9.97 Å². The number of hydrogen-bond donors (Lipinski definition) is 1. The van der Waals surface area contributed by atoms with Crippen LogP contribution in [0.2, 0.25) is 5.02 Å². The maximum absolute atomic E-state index is 12.5. The number of aromatic nitrogens is 2. The van der Waals surface area contributed by atoms with E-state index in [4.69, 9.17) is 21.1 Å². The summed E-state index contributed by atoms with van der Waals surface area (Å²) in [6, 6.07) is 7.34. The zero-order valence-corrected chi connectivity index (χ0v) is 15.9. The van der Waals surface area contributed by atoms with Crippen LogP contribution in [0, 0.1) is 6.92 Å². The normalized spacial score (nSPS) is 11.0. The predicted octanol–water partition coefficient (Wildman–Crippen LogP) is 3.34. The Hall–Kier alpha value is -2.22. The largest absolute Gasteiger partial charge is 0.459 e. The number of carbonyl (C=O) groups is 1. The lowest BCUT2D eigenvalue weighted by molar-refractivity contribution is 0.0393. The number of carbonyl (C=O) groups excluding carboxylic acids is 1. The zero-order valence-electron chi connectivity index (χ0n) is 14.3. The molecule has 0 atom stereocenters. The maximum Gasteiger partial charge on any atom is 0.348 e. The van der Waals surface area contributed by atoms with Crippen LogP contribution >= 0.6 is 22.9 Å². The first kappa shape index (κ1) is 18.6. The molecule has 0 fully saturated rings. The second kappa shape index (κ2) is 7.99. The van der Waals surface area contributed by atoms with Gasteiger partial charge in [0.15, 0.2) is 0 Å². The molecule has 1 aromatic carbocycles. The van der Waals surface area contributed by atoms with Crippen LogP contribution in [0.15, 0.2) is 29.1 Å². The van der Waals surface area contributed by atoms with Gasteiger partial charge in [-0.25, -0.2) is 9.78 Å². The van der Waals surface area contributed by atoms with Gasteiger partial charge in [0, 0.05) is 18.6 Å². The van der Waals surface area contributed by atoms with E-state index in [2.05, 4.69) is 9.97 Å². The van der Waals surface area contributed by atoms with Crippen molar-refractivity contribution in [2.75, 3.05) is 20.3 Å². The molecule has 0 spiro atoms. The van der Waals surface area contributed by atoms with E-state index in [1.807, 2.05) is 12.1 Å². The molecular formula is C18H17ClN2O4S. The number of nitrogens with zero attached hydrogens (tertiary/aromatic N) is 1. The third-order valence-corrected chi connectivity index (χ3v) is 5.26. The van der Waals surface area contributed by atoms with Crippen molar-refractivity contribution < 1.29 is 14.3 Å². The van der Waals surface area contributed by atoms with E-state index in [1.165, 1.54) is 7.11 Å². The lowest BCUT2D eigenvalue weighted by Gasteiger charge is -2.02. The highest BCUT2D eigenvalue weighted by atomic mass is 35.5. The molecule has 0 aliphatic heterocycles. The van der Waals surface area contributed by atoms with Gasteiger partial charge in [-0.3, -0.25) is 4.79 Å². The van der Waals surface area contributed by atoms with Crippen LogP contribution in [0.25, 0.3) is 10.2 Å². The second-order valence-electron chi connectivity index (χ2n) is 5.68. The Morgan fingerprint density at radius 3 is 2.69 bits per heavy atom. The summed E-state index contributed by atoms with van der Waals surface area (Å²) in [7, 11) is 1.53. The number of halogens is 1. The zero-order chi connectivity index (χ0) is 18.7. The lowest BCUT2D eigenvalue weighted by Crippen LogP contribution is -2.12. The first-order valence-electron chi connectivity index (χ1n) is 7.92. The fourth-order valence-electron chi connectivity index (χ4n) is 2.55. The fourth-order valence-corrected chi connectivity index (χ4v) is 3.77. The first-order chi connectivity index (χ1) is 12.5. The number of aromatic amines is 1. The molecule has 2 aromatic heterocycles. The standard InChI is InChI=1S/C18H17ClN2O4S/c1-10-14-16(22)20-13(9-11-3-5-12(19)6-4-11)21-17(14)26-15(10)18(23)25-8-7-24-2/h3-6H,7-9H2,1-2H3,(H,20,21,22). The van der Waals surface area contributed by atoms with Crippen molar-refractivity contribution in [1.29, 1.82) is 0 Å². The molecule has 0 bridgehead atoms. The number of nitrogens with one attached hydrogen (secondary N) is 1. The maximum atomic E-state index is 12.5. The van der Waals surface area contributed by atoms with Gasteiger partial charge >= 0.3 is 5.97 Å². The molecule has 0 aliphatic rings.